The molecule has 1 aliphatic carbocycles. The molecule has 130 valence electrons. The summed E-state index contributed by atoms with van der Waals surface area (Å²) in [6, 6.07) is 6.92. The zero-order chi connectivity index (χ0) is 17.5. The van der Waals surface area contributed by atoms with Crippen molar-refractivity contribution in [3.63, 3.8) is 0 Å². The Bertz CT molecular complexity index is 668. The first-order valence-corrected chi connectivity index (χ1v) is 8.23. The van der Waals surface area contributed by atoms with Crippen molar-refractivity contribution < 1.29 is 23.5 Å². The summed E-state index contributed by atoms with van der Waals surface area (Å²) < 4.78 is 26.7. The van der Waals surface area contributed by atoms with Crippen molar-refractivity contribution in [1.82, 2.24) is 4.90 Å². The molecular formula is C18H21F2NO3. The summed E-state index contributed by atoms with van der Waals surface area (Å²) in [6.07, 6.45) is 1.70. The van der Waals surface area contributed by atoms with Crippen LogP contribution in [0.15, 0.2) is 24.3 Å². The van der Waals surface area contributed by atoms with Gasteiger partial charge in [0.25, 0.3) is 5.92 Å². The van der Waals surface area contributed by atoms with Gasteiger partial charge in [0, 0.05) is 19.5 Å². The number of amides is 1. The molecule has 1 saturated carbocycles. The highest BCUT2D eigenvalue weighted by Crippen LogP contribution is 2.61. The van der Waals surface area contributed by atoms with Crippen LogP contribution in [-0.4, -0.2) is 40.9 Å². The van der Waals surface area contributed by atoms with Crippen LogP contribution in [0.4, 0.5) is 8.78 Å². The van der Waals surface area contributed by atoms with Gasteiger partial charge >= 0.3 is 5.97 Å². The van der Waals surface area contributed by atoms with E-state index in [1.807, 2.05) is 12.1 Å². The number of carboxylic acid groups (broad SMARTS) is 1. The number of halogens is 2. The van der Waals surface area contributed by atoms with E-state index in [1.54, 1.807) is 17.0 Å². The smallest absolute Gasteiger partial charge is 0.335 e. The van der Waals surface area contributed by atoms with E-state index < -0.39 is 23.2 Å². The molecule has 2 fully saturated rings. The van der Waals surface area contributed by atoms with Gasteiger partial charge in [-0.25, -0.2) is 13.6 Å². The minimum absolute atomic E-state index is 0.266. The first kappa shape index (κ1) is 16.9. The van der Waals surface area contributed by atoms with Crippen molar-refractivity contribution in [2.24, 2.45) is 11.3 Å². The number of piperidine rings is 1. The number of carboxylic acids is 1. The third kappa shape index (κ3) is 2.89. The van der Waals surface area contributed by atoms with Crippen molar-refractivity contribution in [3.8, 4) is 0 Å². The van der Waals surface area contributed by atoms with E-state index >= 15 is 0 Å². The Labute approximate surface area is 139 Å². The quantitative estimate of drug-likeness (QED) is 0.918. The molecule has 4 nitrogen and oxygen atoms in total. The molecule has 1 amide bonds. The molecule has 1 atom stereocenters. The summed E-state index contributed by atoms with van der Waals surface area (Å²) >= 11 is 0. The highest BCUT2D eigenvalue weighted by atomic mass is 19.3. The molecule has 1 saturated heterocycles. The average Bonchev–Trinajstić information content (AvgIpc) is 3.07. The maximum Gasteiger partial charge on any atom is 0.335 e. The van der Waals surface area contributed by atoms with E-state index in [0.29, 0.717) is 37.9 Å². The van der Waals surface area contributed by atoms with Gasteiger partial charge in [-0.2, -0.15) is 0 Å². The van der Waals surface area contributed by atoms with Gasteiger partial charge in [0.1, 0.15) is 5.41 Å². The zero-order valence-electron chi connectivity index (χ0n) is 13.6. The molecule has 0 unspecified atom stereocenters. The van der Waals surface area contributed by atoms with Crippen LogP contribution in [0.5, 0.6) is 0 Å². The monoisotopic (exact) mass is 337 g/mol. The van der Waals surface area contributed by atoms with Gasteiger partial charge < -0.3 is 10.0 Å². The molecule has 2 aliphatic rings. The summed E-state index contributed by atoms with van der Waals surface area (Å²) in [5.41, 5.74) is -0.424. The standard InChI is InChI=1S/C18H21F2NO3/c1-17(11-18(17,19)20)16(24)21-8-6-12(7-9-21)10-13-4-2-3-5-14(13)15(22)23/h2-5,12H,6-11H2,1H3,(H,22,23)/t17-/m1/s1. The molecule has 1 N–H and O–H groups in total. The Morgan fingerprint density at radius 3 is 2.38 bits per heavy atom. The third-order valence-electron chi connectivity index (χ3n) is 5.39. The van der Waals surface area contributed by atoms with E-state index in [-0.39, 0.29) is 12.3 Å². The number of hydrogen-bond donors (Lipinski definition) is 1. The van der Waals surface area contributed by atoms with Crippen molar-refractivity contribution >= 4 is 11.9 Å². The second-order valence-electron chi connectivity index (χ2n) is 7.12. The molecule has 3 rings (SSSR count). The number of aromatic carboxylic acids is 1. The largest absolute Gasteiger partial charge is 0.478 e. The fourth-order valence-corrected chi connectivity index (χ4v) is 3.54. The Balaban J connectivity index is 1.59. The van der Waals surface area contributed by atoms with Gasteiger partial charge in [0.05, 0.1) is 5.56 Å². The fraction of sp³-hybridized carbons (Fsp3) is 0.556. The van der Waals surface area contributed by atoms with Crippen molar-refractivity contribution in [2.75, 3.05) is 13.1 Å². The van der Waals surface area contributed by atoms with Gasteiger partial charge in [-0.3, -0.25) is 4.79 Å². The summed E-state index contributed by atoms with van der Waals surface area (Å²) in [5, 5.41) is 9.23. The number of carbonyl (C=O) groups is 2. The lowest BCUT2D eigenvalue weighted by molar-refractivity contribution is -0.141. The maximum atomic E-state index is 13.4. The predicted molar refractivity (Wildman–Crippen MR) is 84.1 cm³/mol. The van der Waals surface area contributed by atoms with E-state index in [2.05, 4.69) is 0 Å². The Hall–Kier alpha value is -1.98. The molecule has 0 bridgehead atoms. The number of hydrogen-bond acceptors (Lipinski definition) is 2. The third-order valence-corrected chi connectivity index (χ3v) is 5.39. The first-order valence-electron chi connectivity index (χ1n) is 8.23. The second kappa shape index (κ2) is 5.83. The SMILES string of the molecule is C[C@]1(C(=O)N2CCC(Cc3ccccc3C(=O)O)CC2)CC1(F)F. The topological polar surface area (TPSA) is 57.6 Å². The summed E-state index contributed by atoms with van der Waals surface area (Å²) in [5.74, 6) is -4.00. The van der Waals surface area contributed by atoms with Gasteiger partial charge in [0.15, 0.2) is 0 Å². The summed E-state index contributed by atoms with van der Waals surface area (Å²) in [7, 11) is 0. The maximum absolute atomic E-state index is 13.4. The fourth-order valence-electron chi connectivity index (χ4n) is 3.54. The van der Waals surface area contributed by atoms with Crippen LogP contribution in [0.3, 0.4) is 0 Å². The molecular weight excluding hydrogens is 316 g/mol. The van der Waals surface area contributed by atoms with Crippen molar-refractivity contribution in [2.45, 2.75) is 38.5 Å². The highest BCUT2D eigenvalue weighted by molar-refractivity contribution is 5.89. The first-order chi connectivity index (χ1) is 11.2. The molecule has 1 heterocycles. The normalized spacial score (nSPS) is 26.2. The lowest BCUT2D eigenvalue weighted by atomic mass is 9.88. The summed E-state index contributed by atoms with van der Waals surface area (Å²) in [6.45, 7) is 2.26. The molecule has 1 aromatic carbocycles. The van der Waals surface area contributed by atoms with Crippen LogP contribution in [0.25, 0.3) is 0 Å². The molecule has 0 spiro atoms. The zero-order valence-corrected chi connectivity index (χ0v) is 13.6. The van der Waals surface area contributed by atoms with E-state index in [0.717, 1.165) is 5.56 Å². The predicted octanol–water partition coefficient (Wildman–Crippen LogP) is 3.21. The van der Waals surface area contributed by atoms with Crippen LogP contribution >= 0.6 is 0 Å². The van der Waals surface area contributed by atoms with Gasteiger partial charge in [-0.15, -0.1) is 0 Å². The lowest BCUT2D eigenvalue weighted by Gasteiger charge is -2.34. The molecule has 24 heavy (non-hydrogen) atoms. The molecule has 1 aromatic rings. The van der Waals surface area contributed by atoms with Gasteiger partial charge in [-0.05, 0) is 43.7 Å². The number of alkyl halides is 2. The molecule has 6 heteroatoms. The highest BCUT2D eigenvalue weighted by Gasteiger charge is 2.73. The second-order valence-corrected chi connectivity index (χ2v) is 7.12. The van der Waals surface area contributed by atoms with Crippen LogP contribution in [0, 0.1) is 11.3 Å². The van der Waals surface area contributed by atoms with E-state index in [1.165, 1.54) is 6.92 Å². The van der Waals surface area contributed by atoms with Crippen LogP contribution < -0.4 is 0 Å². The van der Waals surface area contributed by atoms with Gasteiger partial charge in [-0.1, -0.05) is 18.2 Å². The minimum atomic E-state index is -2.87. The lowest BCUT2D eigenvalue weighted by Crippen LogP contribution is -2.43. The Morgan fingerprint density at radius 1 is 1.25 bits per heavy atom. The van der Waals surface area contributed by atoms with Crippen molar-refractivity contribution in [3.05, 3.63) is 35.4 Å². The van der Waals surface area contributed by atoms with Crippen LogP contribution in [0.1, 0.15) is 42.1 Å². The van der Waals surface area contributed by atoms with E-state index in [9.17, 15) is 23.5 Å². The number of nitrogens with zero attached hydrogens (tertiary/aromatic N) is 1. The summed E-state index contributed by atoms with van der Waals surface area (Å²) in [4.78, 5) is 25.1. The average molecular weight is 337 g/mol. The van der Waals surface area contributed by atoms with Crippen LogP contribution in [0.2, 0.25) is 0 Å². The van der Waals surface area contributed by atoms with Crippen LogP contribution in [-0.2, 0) is 11.2 Å². The minimum Gasteiger partial charge on any atom is -0.478 e. The van der Waals surface area contributed by atoms with Crippen molar-refractivity contribution in [1.29, 1.82) is 0 Å². The van der Waals surface area contributed by atoms with E-state index in [4.69, 9.17) is 0 Å². The molecule has 1 aliphatic heterocycles. The molecule has 0 radical (unpaired) electrons. The number of carbonyl (C=O) groups excluding carboxylic acids is 1. The van der Waals surface area contributed by atoms with Gasteiger partial charge in [0.2, 0.25) is 5.91 Å². The number of rotatable bonds is 4. The molecule has 0 aromatic heterocycles. The Kier molecular flexibility index (Phi) is 4.10. The number of likely N-dealkylation sites (tertiary alicyclic amines) is 1. The number of benzene rings is 1. The Morgan fingerprint density at radius 2 is 1.83 bits per heavy atom.